The van der Waals surface area contributed by atoms with Crippen molar-refractivity contribution in [3.8, 4) is 0 Å². The molecule has 2 saturated heterocycles. The first-order valence-electron chi connectivity index (χ1n) is 6.89. The first kappa shape index (κ1) is 13.3. The van der Waals surface area contributed by atoms with Gasteiger partial charge in [0.05, 0.1) is 12.6 Å². The molecular weight excluding hydrogens is 232 g/mol. The van der Waals surface area contributed by atoms with Gasteiger partial charge in [0.15, 0.2) is 0 Å². The van der Waals surface area contributed by atoms with Crippen molar-refractivity contribution >= 4 is 11.8 Å². The Morgan fingerprint density at radius 2 is 2.22 bits per heavy atom. The van der Waals surface area contributed by atoms with Gasteiger partial charge in [-0.25, -0.2) is 0 Å². The predicted octanol–water partition coefficient (Wildman–Crippen LogP) is 0.371. The first-order chi connectivity index (χ1) is 8.63. The number of carbonyl (C=O) groups is 2. The van der Waals surface area contributed by atoms with Crippen molar-refractivity contribution in [1.29, 1.82) is 0 Å². The Bertz CT molecular complexity index is 332. The molecule has 18 heavy (non-hydrogen) atoms. The van der Waals surface area contributed by atoms with Crippen molar-refractivity contribution in [2.75, 3.05) is 19.6 Å². The zero-order valence-electron chi connectivity index (χ0n) is 11.0. The van der Waals surface area contributed by atoms with Crippen molar-refractivity contribution < 1.29 is 14.7 Å². The van der Waals surface area contributed by atoms with Gasteiger partial charge in [0, 0.05) is 13.1 Å². The average Bonchev–Trinajstić information content (AvgIpc) is 2.84. The lowest BCUT2D eigenvalue weighted by Gasteiger charge is -2.36. The number of fused-ring (bicyclic) bond motifs is 1. The van der Waals surface area contributed by atoms with Crippen LogP contribution < -0.4 is 0 Å². The maximum Gasteiger partial charge on any atom is 0.245 e. The molecule has 2 unspecified atom stereocenters. The third-order valence-electron chi connectivity index (χ3n) is 3.93. The second-order valence-corrected chi connectivity index (χ2v) is 5.21. The van der Waals surface area contributed by atoms with Gasteiger partial charge in [-0.15, -0.1) is 0 Å². The molecule has 0 aliphatic carbocycles. The largest absolute Gasteiger partial charge is 0.393 e. The molecule has 2 rings (SSSR count). The zero-order chi connectivity index (χ0) is 13.1. The highest BCUT2D eigenvalue weighted by Gasteiger charge is 2.41. The second kappa shape index (κ2) is 5.69. The summed E-state index contributed by atoms with van der Waals surface area (Å²) in [5.74, 6) is 0.172. The average molecular weight is 254 g/mol. The standard InChI is InChI=1S/C13H22N2O3/c1-2-10(16)5-3-7-14-9-12(17)15-8-4-6-11(15)13(14)18/h10-11,16H,2-9H2,1H3. The molecule has 102 valence electrons. The Morgan fingerprint density at radius 1 is 1.44 bits per heavy atom. The number of rotatable bonds is 5. The Labute approximate surface area is 108 Å². The van der Waals surface area contributed by atoms with Crippen LogP contribution >= 0.6 is 0 Å². The molecule has 0 aromatic heterocycles. The maximum atomic E-state index is 12.2. The number of aliphatic hydroxyl groups is 1. The SMILES string of the molecule is CCC(O)CCCN1CC(=O)N2CCCC2C1=O. The van der Waals surface area contributed by atoms with E-state index in [2.05, 4.69) is 0 Å². The van der Waals surface area contributed by atoms with Gasteiger partial charge < -0.3 is 14.9 Å². The monoisotopic (exact) mass is 254 g/mol. The van der Waals surface area contributed by atoms with Gasteiger partial charge in [0.25, 0.3) is 0 Å². The number of nitrogens with zero attached hydrogens (tertiary/aromatic N) is 2. The van der Waals surface area contributed by atoms with Crippen LogP contribution in [0.25, 0.3) is 0 Å². The summed E-state index contributed by atoms with van der Waals surface area (Å²) >= 11 is 0. The molecule has 2 amide bonds. The highest BCUT2D eigenvalue weighted by atomic mass is 16.3. The fourth-order valence-corrected chi connectivity index (χ4v) is 2.78. The molecule has 2 heterocycles. The van der Waals surface area contributed by atoms with E-state index in [1.807, 2.05) is 6.92 Å². The van der Waals surface area contributed by atoms with Crippen LogP contribution in [-0.4, -0.2) is 58.5 Å². The lowest BCUT2D eigenvalue weighted by molar-refractivity contribution is -0.153. The predicted molar refractivity (Wildman–Crippen MR) is 66.8 cm³/mol. The van der Waals surface area contributed by atoms with E-state index in [0.29, 0.717) is 13.0 Å². The minimum Gasteiger partial charge on any atom is -0.393 e. The van der Waals surface area contributed by atoms with Crippen LogP contribution in [0.4, 0.5) is 0 Å². The Balaban J connectivity index is 1.85. The van der Waals surface area contributed by atoms with Gasteiger partial charge in [-0.2, -0.15) is 0 Å². The molecule has 2 aliphatic heterocycles. The molecule has 0 aromatic carbocycles. The fourth-order valence-electron chi connectivity index (χ4n) is 2.78. The van der Waals surface area contributed by atoms with Gasteiger partial charge in [-0.05, 0) is 32.1 Å². The molecule has 2 aliphatic rings. The van der Waals surface area contributed by atoms with Crippen molar-refractivity contribution in [2.24, 2.45) is 0 Å². The number of piperazine rings is 1. The summed E-state index contributed by atoms with van der Waals surface area (Å²) in [6, 6.07) is -0.206. The van der Waals surface area contributed by atoms with Crippen LogP contribution in [0, 0.1) is 0 Å². The summed E-state index contributed by atoms with van der Waals surface area (Å²) < 4.78 is 0. The van der Waals surface area contributed by atoms with Crippen molar-refractivity contribution in [2.45, 2.75) is 51.2 Å². The fraction of sp³-hybridized carbons (Fsp3) is 0.846. The topological polar surface area (TPSA) is 60.9 Å². The summed E-state index contributed by atoms with van der Waals surface area (Å²) in [6.07, 6.45) is 3.65. The van der Waals surface area contributed by atoms with Crippen molar-refractivity contribution in [3.05, 3.63) is 0 Å². The molecule has 1 N–H and O–H groups in total. The smallest absolute Gasteiger partial charge is 0.245 e. The highest BCUT2D eigenvalue weighted by Crippen LogP contribution is 2.23. The van der Waals surface area contributed by atoms with Gasteiger partial charge >= 0.3 is 0 Å². The van der Waals surface area contributed by atoms with Gasteiger partial charge in [-0.1, -0.05) is 6.92 Å². The van der Waals surface area contributed by atoms with Crippen molar-refractivity contribution in [3.63, 3.8) is 0 Å². The zero-order valence-corrected chi connectivity index (χ0v) is 11.0. The van der Waals surface area contributed by atoms with Crippen LogP contribution in [0.5, 0.6) is 0 Å². The summed E-state index contributed by atoms with van der Waals surface area (Å²) in [5, 5.41) is 9.48. The molecule has 2 atom stereocenters. The normalized spacial score (nSPS) is 25.6. The van der Waals surface area contributed by atoms with Crippen LogP contribution in [0.2, 0.25) is 0 Å². The van der Waals surface area contributed by atoms with Crippen LogP contribution in [0.3, 0.4) is 0 Å². The minimum atomic E-state index is -0.288. The Hall–Kier alpha value is -1.10. The van der Waals surface area contributed by atoms with E-state index in [-0.39, 0.29) is 30.5 Å². The van der Waals surface area contributed by atoms with Crippen LogP contribution in [0.15, 0.2) is 0 Å². The third-order valence-corrected chi connectivity index (χ3v) is 3.93. The number of hydrogen-bond donors (Lipinski definition) is 1. The van der Waals surface area contributed by atoms with Gasteiger partial charge in [0.2, 0.25) is 11.8 Å². The minimum absolute atomic E-state index is 0.0770. The molecular formula is C13H22N2O3. The Kier molecular flexibility index (Phi) is 4.22. The maximum absolute atomic E-state index is 12.2. The quantitative estimate of drug-likeness (QED) is 0.771. The highest BCUT2D eigenvalue weighted by molar-refractivity contribution is 5.95. The molecule has 0 aromatic rings. The van der Waals surface area contributed by atoms with E-state index < -0.39 is 0 Å². The second-order valence-electron chi connectivity index (χ2n) is 5.21. The molecule has 0 spiro atoms. The summed E-state index contributed by atoms with van der Waals surface area (Å²) in [7, 11) is 0. The van der Waals surface area contributed by atoms with Gasteiger partial charge in [0.1, 0.15) is 6.04 Å². The van der Waals surface area contributed by atoms with Gasteiger partial charge in [-0.3, -0.25) is 9.59 Å². The van der Waals surface area contributed by atoms with E-state index in [1.54, 1.807) is 9.80 Å². The Morgan fingerprint density at radius 3 is 2.94 bits per heavy atom. The number of amides is 2. The summed E-state index contributed by atoms with van der Waals surface area (Å²) in [6.45, 7) is 3.48. The van der Waals surface area contributed by atoms with Crippen LogP contribution in [-0.2, 0) is 9.59 Å². The van der Waals surface area contributed by atoms with E-state index in [4.69, 9.17) is 0 Å². The van der Waals surface area contributed by atoms with E-state index >= 15 is 0 Å². The summed E-state index contributed by atoms with van der Waals surface area (Å²) in [5.41, 5.74) is 0. The van der Waals surface area contributed by atoms with Crippen molar-refractivity contribution in [1.82, 2.24) is 9.80 Å². The third kappa shape index (κ3) is 2.66. The first-order valence-corrected chi connectivity index (χ1v) is 6.89. The van der Waals surface area contributed by atoms with E-state index in [0.717, 1.165) is 32.2 Å². The lowest BCUT2D eigenvalue weighted by Crippen LogP contribution is -2.57. The number of aliphatic hydroxyl groups excluding tert-OH is 1. The molecule has 5 heteroatoms. The van der Waals surface area contributed by atoms with E-state index in [1.165, 1.54) is 0 Å². The molecule has 5 nitrogen and oxygen atoms in total. The lowest BCUT2D eigenvalue weighted by atomic mass is 10.1. The van der Waals surface area contributed by atoms with Crippen LogP contribution in [0.1, 0.15) is 39.0 Å². The molecule has 0 bridgehead atoms. The molecule has 0 radical (unpaired) electrons. The number of hydrogen-bond acceptors (Lipinski definition) is 3. The number of carbonyl (C=O) groups excluding carboxylic acids is 2. The molecule has 0 saturated carbocycles. The summed E-state index contributed by atoms with van der Waals surface area (Å²) in [4.78, 5) is 27.4. The molecule has 2 fully saturated rings. The van der Waals surface area contributed by atoms with E-state index in [9.17, 15) is 14.7 Å².